The molecule has 1 aliphatic carbocycles. The summed E-state index contributed by atoms with van der Waals surface area (Å²) in [5.41, 5.74) is 6.97. The molecular formula is C13H21N3O. The predicted octanol–water partition coefficient (Wildman–Crippen LogP) is 2.81. The average Bonchev–Trinajstić information content (AvgIpc) is 2.83. The lowest BCUT2D eigenvalue weighted by Gasteiger charge is -2.15. The van der Waals surface area contributed by atoms with Crippen LogP contribution in [0.4, 0.5) is 5.82 Å². The van der Waals surface area contributed by atoms with E-state index in [4.69, 9.17) is 10.5 Å². The van der Waals surface area contributed by atoms with E-state index in [9.17, 15) is 0 Å². The Morgan fingerprint density at radius 3 is 2.71 bits per heavy atom. The fourth-order valence-electron chi connectivity index (χ4n) is 2.53. The zero-order valence-corrected chi connectivity index (χ0v) is 10.6. The summed E-state index contributed by atoms with van der Waals surface area (Å²) >= 11 is 0. The Hall–Kier alpha value is -1.16. The number of nitrogens with two attached hydrogens (primary N) is 1. The number of hydrogen-bond donors (Lipinski definition) is 1. The summed E-state index contributed by atoms with van der Waals surface area (Å²) in [6.07, 6.45) is 5.86. The first kappa shape index (κ1) is 12.3. The second-order valence-electron chi connectivity index (χ2n) is 4.69. The van der Waals surface area contributed by atoms with E-state index in [0.717, 1.165) is 17.9 Å². The minimum atomic E-state index is -0.0429. The Kier molecular flexibility index (Phi) is 3.94. The maximum absolute atomic E-state index is 5.87. The minimum Gasteiger partial charge on any atom is -0.384 e. The van der Waals surface area contributed by atoms with Crippen LogP contribution in [0.25, 0.3) is 0 Å². The fraction of sp³-hybridized carbons (Fsp3) is 0.692. The molecule has 1 aliphatic rings. The highest BCUT2D eigenvalue weighted by Gasteiger charge is 2.21. The van der Waals surface area contributed by atoms with Crippen LogP contribution in [0.15, 0.2) is 6.07 Å². The van der Waals surface area contributed by atoms with E-state index in [0.29, 0.717) is 11.7 Å². The molecule has 1 fully saturated rings. The summed E-state index contributed by atoms with van der Waals surface area (Å²) < 4.78 is 5.38. The van der Waals surface area contributed by atoms with Gasteiger partial charge >= 0.3 is 0 Å². The lowest BCUT2D eigenvalue weighted by atomic mass is 10.0. The molecule has 1 aromatic heterocycles. The van der Waals surface area contributed by atoms with E-state index < -0.39 is 0 Å². The predicted molar refractivity (Wildman–Crippen MR) is 67.7 cm³/mol. The van der Waals surface area contributed by atoms with Gasteiger partial charge in [0.05, 0.1) is 0 Å². The van der Waals surface area contributed by atoms with Gasteiger partial charge in [0.2, 0.25) is 0 Å². The lowest BCUT2D eigenvalue weighted by molar-refractivity contribution is 0.0924. The maximum Gasteiger partial charge on any atom is 0.159 e. The molecule has 0 amide bonds. The third kappa shape index (κ3) is 2.75. The molecule has 0 aromatic carbocycles. The number of hydrogen-bond acceptors (Lipinski definition) is 4. The van der Waals surface area contributed by atoms with E-state index in [1.54, 1.807) is 7.11 Å². The SMILES string of the molecule is CCC(OC)c1nc(N)cc(C2CCCC2)n1. The van der Waals surface area contributed by atoms with E-state index in [1.165, 1.54) is 25.7 Å². The van der Waals surface area contributed by atoms with Gasteiger partial charge in [-0.3, -0.25) is 0 Å². The monoisotopic (exact) mass is 235 g/mol. The minimum absolute atomic E-state index is 0.0429. The Balaban J connectivity index is 2.27. The topological polar surface area (TPSA) is 61.0 Å². The normalized spacial score (nSPS) is 18.5. The van der Waals surface area contributed by atoms with Gasteiger partial charge in [-0.2, -0.15) is 0 Å². The van der Waals surface area contributed by atoms with E-state index in [-0.39, 0.29) is 6.10 Å². The van der Waals surface area contributed by atoms with Crippen LogP contribution in [0.3, 0.4) is 0 Å². The van der Waals surface area contributed by atoms with Gasteiger partial charge in [-0.05, 0) is 19.3 Å². The maximum atomic E-state index is 5.87. The number of anilines is 1. The van der Waals surface area contributed by atoms with Crippen molar-refractivity contribution in [3.8, 4) is 0 Å². The second kappa shape index (κ2) is 5.45. The molecule has 94 valence electrons. The molecule has 2 N–H and O–H groups in total. The molecule has 4 nitrogen and oxygen atoms in total. The Bertz CT molecular complexity index is 351. The van der Waals surface area contributed by atoms with Crippen LogP contribution in [0, 0.1) is 0 Å². The van der Waals surface area contributed by atoms with Crippen molar-refractivity contribution >= 4 is 5.82 Å². The molecule has 0 spiro atoms. The van der Waals surface area contributed by atoms with Crippen LogP contribution < -0.4 is 5.73 Å². The highest BCUT2D eigenvalue weighted by atomic mass is 16.5. The first-order valence-electron chi connectivity index (χ1n) is 6.41. The summed E-state index contributed by atoms with van der Waals surface area (Å²) in [6, 6.07) is 1.92. The molecule has 17 heavy (non-hydrogen) atoms. The molecule has 1 aromatic rings. The Morgan fingerprint density at radius 2 is 2.12 bits per heavy atom. The molecule has 0 radical (unpaired) electrons. The van der Waals surface area contributed by atoms with Crippen LogP contribution >= 0.6 is 0 Å². The molecule has 1 unspecified atom stereocenters. The second-order valence-corrected chi connectivity index (χ2v) is 4.69. The van der Waals surface area contributed by atoms with Crippen molar-refractivity contribution in [1.82, 2.24) is 9.97 Å². The molecule has 0 saturated heterocycles. The zero-order chi connectivity index (χ0) is 12.3. The number of nitrogen functional groups attached to an aromatic ring is 1. The largest absolute Gasteiger partial charge is 0.384 e. The molecular weight excluding hydrogens is 214 g/mol. The van der Waals surface area contributed by atoms with Crippen LogP contribution in [-0.4, -0.2) is 17.1 Å². The summed E-state index contributed by atoms with van der Waals surface area (Å²) in [6.45, 7) is 2.07. The number of methoxy groups -OCH3 is 1. The van der Waals surface area contributed by atoms with Gasteiger partial charge in [0.15, 0.2) is 5.82 Å². The smallest absolute Gasteiger partial charge is 0.159 e. The van der Waals surface area contributed by atoms with E-state index >= 15 is 0 Å². The summed E-state index contributed by atoms with van der Waals surface area (Å²) in [5, 5.41) is 0. The molecule has 0 bridgehead atoms. The van der Waals surface area contributed by atoms with Crippen molar-refractivity contribution in [2.24, 2.45) is 0 Å². The third-order valence-corrected chi connectivity index (χ3v) is 3.50. The first-order chi connectivity index (χ1) is 8.24. The van der Waals surface area contributed by atoms with Gasteiger partial charge in [0.1, 0.15) is 11.9 Å². The van der Waals surface area contributed by atoms with Crippen LogP contribution in [0.5, 0.6) is 0 Å². The van der Waals surface area contributed by atoms with Gasteiger partial charge in [-0.15, -0.1) is 0 Å². The van der Waals surface area contributed by atoms with E-state index in [1.807, 2.05) is 6.07 Å². The highest BCUT2D eigenvalue weighted by molar-refractivity contribution is 5.32. The van der Waals surface area contributed by atoms with Gasteiger partial charge in [0.25, 0.3) is 0 Å². The molecule has 1 saturated carbocycles. The quantitative estimate of drug-likeness (QED) is 0.871. The Morgan fingerprint density at radius 1 is 1.41 bits per heavy atom. The lowest BCUT2D eigenvalue weighted by Crippen LogP contribution is -2.11. The van der Waals surface area contributed by atoms with Crippen LogP contribution in [0.1, 0.15) is 62.6 Å². The Labute approximate surface area is 103 Å². The molecule has 2 rings (SSSR count). The first-order valence-corrected chi connectivity index (χ1v) is 6.41. The molecule has 4 heteroatoms. The van der Waals surface area contributed by atoms with Crippen molar-refractivity contribution in [1.29, 1.82) is 0 Å². The standard InChI is InChI=1S/C13H21N3O/c1-3-11(17-2)13-15-10(8-12(14)16-13)9-6-4-5-7-9/h8-9,11H,3-7H2,1-2H3,(H2,14,15,16). The molecule has 0 aliphatic heterocycles. The van der Waals surface area contributed by atoms with Gasteiger partial charge < -0.3 is 10.5 Å². The summed E-state index contributed by atoms with van der Waals surface area (Å²) in [4.78, 5) is 8.93. The molecule has 1 heterocycles. The summed E-state index contributed by atoms with van der Waals surface area (Å²) in [5.74, 6) is 1.86. The van der Waals surface area contributed by atoms with Gasteiger partial charge in [0, 0.05) is 24.8 Å². The van der Waals surface area contributed by atoms with Crippen LogP contribution in [0.2, 0.25) is 0 Å². The van der Waals surface area contributed by atoms with E-state index in [2.05, 4.69) is 16.9 Å². The number of nitrogens with zero attached hydrogens (tertiary/aromatic N) is 2. The molecule has 1 atom stereocenters. The van der Waals surface area contributed by atoms with Gasteiger partial charge in [-0.25, -0.2) is 9.97 Å². The fourth-order valence-corrected chi connectivity index (χ4v) is 2.53. The number of rotatable bonds is 4. The summed E-state index contributed by atoms with van der Waals surface area (Å²) in [7, 11) is 1.69. The van der Waals surface area contributed by atoms with Crippen molar-refractivity contribution < 1.29 is 4.74 Å². The van der Waals surface area contributed by atoms with Crippen molar-refractivity contribution in [2.45, 2.75) is 51.0 Å². The third-order valence-electron chi connectivity index (χ3n) is 3.50. The number of ether oxygens (including phenoxy) is 1. The highest BCUT2D eigenvalue weighted by Crippen LogP contribution is 2.34. The average molecular weight is 235 g/mol. The van der Waals surface area contributed by atoms with Gasteiger partial charge in [-0.1, -0.05) is 19.8 Å². The van der Waals surface area contributed by atoms with Crippen molar-refractivity contribution in [3.63, 3.8) is 0 Å². The van der Waals surface area contributed by atoms with Crippen molar-refractivity contribution in [2.75, 3.05) is 12.8 Å². The van der Waals surface area contributed by atoms with Crippen molar-refractivity contribution in [3.05, 3.63) is 17.6 Å². The van der Waals surface area contributed by atoms with Crippen LogP contribution in [-0.2, 0) is 4.74 Å². The number of aromatic nitrogens is 2. The zero-order valence-electron chi connectivity index (χ0n) is 10.6.